The maximum atomic E-state index is 11.5. The number of amides is 1. The highest BCUT2D eigenvalue weighted by molar-refractivity contribution is 5.84. The minimum atomic E-state index is -0.897. The molecule has 3 N–H and O–H groups in total. The number of nitro benzene ring substituents is 1. The van der Waals surface area contributed by atoms with Crippen molar-refractivity contribution in [1.82, 2.24) is 5.32 Å². The second kappa shape index (κ2) is 7.03. The zero-order chi connectivity index (χ0) is 16.0. The molecule has 0 spiro atoms. The van der Waals surface area contributed by atoms with Crippen molar-refractivity contribution in [3.8, 4) is 5.75 Å². The first kappa shape index (κ1) is 16.9. The fourth-order valence-corrected chi connectivity index (χ4v) is 2.01. The summed E-state index contributed by atoms with van der Waals surface area (Å²) in [5.74, 6) is -0.252. The summed E-state index contributed by atoms with van der Waals surface area (Å²) >= 11 is 0. The van der Waals surface area contributed by atoms with E-state index in [0.717, 1.165) is 0 Å². The Balaban J connectivity index is 2.80. The Hall–Kier alpha value is -2.15. The van der Waals surface area contributed by atoms with Gasteiger partial charge in [0.15, 0.2) is 5.75 Å². The first-order chi connectivity index (χ1) is 9.81. The van der Waals surface area contributed by atoms with Gasteiger partial charge in [-0.1, -0.05) is 19.1 Å². The molecule has 1 rings (SSSR count). The Kier molecular flexibility index (Phi) is 5.66. The van der Waals surface area contributed by atoms with E-state index in [1.165, 1.54) is 6.07 Å². The van der Waals surface area contributed by atoms with Gasteiger partial charge < -0.3 is 15.8 Å². The average molecular weight is 295 g/mol. The van der Waals surface area contributed by atoms with Gasteiger partial charge in [0.1, 0.15) is 0 Å². The molecular formula is C14H21N3O4. The predicted octanol–water partition coefficient (Wildman–Crippen LogP) is 1.53. The number of nitrogens with one attached hydrogen (secondary N) is 1. The number of carbonyl (C=O) groups is 1. The molecule has 1 aromatic carbocycles. The summed E-state index contributed by atoms with van der Waals surface area (Å²) in [7, 11) is 0. The average Bonchev–Trinajstić information content (AvgIpc) is 2.40. The molecule has 0 aromatic heterocycles. The van der Waals surface area contributed by atoms with Gasteiger partial charge >= 0.3 is 5.69 Å². The standard InChI is InChI=1S/C14H21N3O4/c1-4-16-14(3,13(15)18)8-9-21-12-10(2)6-5-7-11(12)17(19)20/h5-7,16H,4,8-9H2,1-3H3,(H2,15,18). The van der Waals surface area contributed by atoms with E-state index in [1.54, 1.807) is 26.0 Å². The lowest BCUT2D eigenvalue weighted by Gasteiger charge is -2.26. The van der Waals surface area contributed by atoms with E-state index in [4.69, 9.17) is 10.5 Å². The predicted molar refractivity (Wildman–Crippen MR) is 79.2 cm³/mol. The quantitative estimate of drug-likeness (QED) is 0.558. The highest BCUT2D eigenvalue weighted by Gasteiger charge is 2.30. The summed E-state index contributed by atoms with van der Waals surface area (Å²) in [6, 6.07) is 4.73. The zero-order valence-electron chi connectivity index (χ0n) is 12.5. The molecular weight excluding hydrogens is 274 g/mol. The SMILES string of the molecule is CCNC(C)(CCOc1c(C)cccc1[N+](=O)[O-])C(N)=O. The maximum absolute atomic E-state index is 11.5. The molecule has 7 nitrogen and oxygen atoms in total. The normalized spacial score (nSPS) is 13.5. The Morgan fingerprint density at radius 1 is 1.52 bits per heavy atom. The molecule has 0 aliphatic heterocycles. The molecule has 116 valence electrons. The highest BCUT2D eigenvalue weighted by Crippen LogP contribution is 2.30. The maximum Gasteiger partial charge on any atom is 0.311 e. The number of benzene rings is 1. The van der Waals surface area contributed by atoms with Crippen molar-refractivity contribution in [3.63, 3.8) is 0 Å². The third-order valence-electron chi connectivity index (χ3n) is 3.35. The first-order valence-electron chi connectivity index (χ1n) is 6.73. The van der Waals surface area contributed by atoms with Crippen LogP contribution in [-0.2, 0) is 4.79 Å². The topological polar surface area (TPSA) is 107 Å². The summed E-state index contributed by atoms with van der Waals surface area (Å²) in [5, 5.41) is 14.0. The molecule has 0 saturated carbocycles. The van der Waals surface area contributed by atoms with Crippen molar-refractivity contribution in [2.45, 2.75) is 32.7 Å². The van der Waals surface area contributed by atoms with E-state index >= 15 is 0 Å². The fraction of sp³-hybridized carbons (Fsp3) is 0.500. The monoisotopic (exact) mass is 295 g/mol. The number of rotatable bonds is 8. The molecule has 0 aliphatic carbocycles. The number of nitrogens with zero attached hydrogens (tertiary/aromatic N) is 1. The molecule has 21 heavy (non-hydrogen) atoms. The van der Waals surface area contributed by atoms with Gasteiger partial charge in [0, 0.05) is 12.5 Å². The summed E-state index contributed by atoms with van der Waals surface area (Å²) in [6.45, 7) is 6.03. The number of ether oxygens (including phenoxy) is 1. The van der Waals surface area contributed by atoms with E-state index in [2.05, 4.69) is 5.32 Å². The number of carbonyl (C=O) groups excluding carboxylic acids is 1. The Bertz CT molecular complexity index is 533. The van der Waals surface area contributed by atoms with Crippen LogP contribution in [-0.4, -0.2) is 29.5 Å². The number of primary amides is 1. The summed E-state index contributed by atoms with van der Waals surface area (Å²) in [4.78, 5) is 22.0. The van der Waals surface area contributed by atoms with Crippen LogP contribution >= 0.6 is 0 Å². The Labute approximate surface area is 123 Å². The first-order valence-corrected chi connectivity index (χ1v) is 6.73. The number of para-hydroxylation sites is 1. The van der Waals surface area contributed by atoms with Crippen LogP contribution in [0.4, 0.5) is 5.69 Å². The van der Waals surface area contributed by atoms with Gasteiger partial charge in [-0.05, 0) is 26.0 Å². The van der Waals surface area contributed by atoms with Gasteiger partial charge in [0.2, 0.25) is 5.91 Å². The van der Waals surface area contributed by atoms with Gasteiger partial charge in [0.05, 0.1) is 17.1 Å². The zero-order valence-corrected chi connectivity index (χ0v) is 12.5. The van der Waals surface area contributed by atoms with Crippen molar-refractivity contribution in [1.29, 1.82) is 0 Å². The second-order valence-corrected chi connectivity index (χ2v) is 5.01. The molecule has 0 bridgehead atoms. The minimum Gasteiger partial charge on any atom is -0.487 e. The smallest absolute Gasteiger partial charge is 0.311 e. The van der Waals surface area contributed by atoms with E-state index in [0.29, 0.717) is 18.5 Å². The molecule has 1 unspecified atom stereocenters. The number of hydrogen-bond donors (Lipinski definition) is 2. The molecule has 0 fully saturated rings. The van der Waals surface area contributed by atoms with Crippen LogP contribution in [0.2, 0.25) is 0 Å². The van der Waals surface area contributed by atoms with Crippen molar-refractivity contribution in [2.75, 3.05) is 13.2 Å². The van der Waals surface area contributed by atoms with Crippen LogP contribution in [0.3, 0.4) is 0 Å². The van der Waals surface area contributed by atoms with Crippen molar-refractivity contribution in [3.05, 3.63) is 33.9 Å². The molecule has 0 radical (unpaired) electrons. The summed E-state index contributed by atoms with van der Waals surface area (Å²) in [6.07, 6.45) is 0.321. The molecule has 0 saturated heterocycles. The Morgan fingerprint density at radius 3 is 2.71 bits per heavy atom. The molecule has 0 aliphatic rings. The fourth-order valence-electron chi connectivity index (χ4n) is 2.01. The number of hydrogen-bond acceptors (Lipinski definition) is 5. The van der Waals surface area contributed by atoms with E-state index in [-0.39, 0.29) is 18.0 Å². The van der Waals surface area contributed by atoms with Gasteiger partial charge in [0.25, 0.3) is 0 Å². The lowest BCUT2D eigenvalue weighted by atomic mass is 9.97. The number of nitrogens with two attached hydrogens (primary N) is 1. The minimum absolute atomic E-state index is 0.0840. The van der Waals surface area contributed by atoms with Crippen molar-refractivity contribution in [2.24, 2.45) is 5.73 Å². The third kappa shape index (κ3) is 4.16. The molecule has 0 heterocycles. The van der Waals surface area contributed by atoms with Crippen LogP contribution in [0.25, 0.3) is 0 Å². The largest absolute Gasteiger partial charge is 0.487 e. The molecule has 7 heteroatoms. The number of nitro groups is 1. The third-order valence-corrected chi connectivity index (χ3v) is 3.35. The van der Waals surface area contributed by atoms with Crippen LogP contribution in [0.15, 0.2) is 18.2 Å². The van der Waals surface area contributed by atoms with Gasteiger partial charge in [-0.15, -0.1) is 0 Å². The van der Waals surface area contributed by atoms with Crippen LogP contribution in [0, 0.1) is 17.0 Å². The summed E-state index contributed by atoms with van der Waals surface area (Å²) in [5.41, 5.74) is 5.07. The highest BCUT2D eigenvalue weighted by atomic mass is 16.6. The number of aryl methyl sites for hydroxylation is 1. The number of likely N-dealkylation sites (N-methyl/N-ethyl adjacent to an activating group) is 1. The van der Waals surface area contributed by atoms with Gasteiger partial charge in [-0.25, -0.2) is 0 Å². The van der Waals surface area contributed by atoms with Crippen molar-refractivity contribution >= 4 is 11.6 Å². The van der Waals surface area contributed by atoms with Crippen molar-refractivity contribution < 1.29 is 14.5 Å². The second-order valence-electron chi connectivity index (χ2n) is 5.01. The van der Waals surface area contributed by atoms with E-state index in [1.807, 2.05) is 6.92 Å². The van der Waals surface area contributed by atoms with E-state index < -0.39 is 16.4 Å². The Morgan fingerprint density at radius 2 is 2.19 bits per heavy atom. The van der Waals surface area contributed by atoms with Gasteiger partial charge in [-0.3, -0.25) is 14.9 Å². The van der Waals surface area contributed by atoms with Crippen LogP contribution in [0.1, 0.15) is 25.8 Å². The molecule has 1 aromatic rings. The molecule has 1 atom stereocenters. The van der Waals surface area contributed by atoms with Gasteiger partial charge in [-0.2, -0.15) is 0 Å². The lowest BCUT2D eigenvalue weighted by Crippen LogP contribution is -2.53. The van der Waals surface area contributed by atoms with Crippen LogP contribution in [0.5, 0.6) is 5.75 Å². The van der Waals surface area contributed by atoms with Crippen LogP contribution < -0.4 is 15.8 Å². The lowest BCUT2D eigenvalue weighted by molar-refractivity contribution is -0.385. The summed E-state index contributed by atoms with van der Waals surface area (Å²) < 4.78 is 5.53. The molecule has 1 amide bonds. The van der Waals surface area contributed by atoms with E-state index in [9.17, 15) is 14.9 Å².